The first-order chi connectivity index (χ1) is 7.90. The highest BCUT2D eigenvalue weighted by Crippen LogP contribution is 2.16. The molecule has 1 fully saturated rings. The fourth-order valence-corrected chi connectivity index (χ4v) is 2.20. The molecule has 1 aromatic rings. The van der Waals surface area contributed by atoms with Crippen LogP contribution in [0.1, 0.15) is 18.0 Å². The molecule has 1 saturated heterocycles. The van der Waals surface area contributed by atoms with Gasteiger partial charge in [0, 0.05) is 32.2 Å². The highest BCUT2D eigenvalue weighted by molar-refractivity contribution is 5.19. The third kappa shape index (κ3) is 2.94. The number of nitrogens with one attached hydrogen (secondary N) is 1. The van der Waals surface area contributed by atoms with Crippen molar-refractivity contribution in [3.8, 4) is 0 Å². The first-order valence-electron chi connectivity index (χ1n) is 6.02. The normalized spacial score (nSPS) is 21.9. The summed E-state index contributed by atoms with van der Waals surface area (Å²) in [6, 6.07) is 11.2. The van der Waals surface area contributed by atoms with E-state index in [2.05, 4.69) is 47.1 Å². The van der Waals surface area contributed by atoms with Crippen LogP contribution in [0, 0.1) is 0 Å². The Hall–Kier alpha value is -1.12. The standard InChI is InChI=1S/C14H20N2/c1-2-3-10-16-11-9-15-14(12-16)13-7-5-4-6-8-13/h2,4-8,14-15H,1,3,9-12H2. The van der Waals surface area contributed by atoms with E-state index in [0.717, 1.165) is 32.6 Å². The van der Waals surface area contributed by atoms with Gasteiger partial charge in [-0.2, -0.15) is 0 Å². The van der Waals surface area contributed by atoms with Crippen LogP contribution in [0.2, 0.25) is 0 Å². The van der Waals surface area contributed by atoms with Gasteiger partial charge in [0.1, 0.15) is 0 Å². The zero-order valence-electron chi connectivity index (χ0n) is 9.73. The Kier molecular flexibility index (Phi) is 4.14. The molecule has 1 aromatic carbocycles. The van der Waals surface area contributed by atoms with E-state index in [9.17, 15) is 0 Å². The lowest BCUT2D eigenvalue weighted by Gasteiger charge is -2.33. The van der Waals surface area contributed by atoms with Crippen LogP contribution in [0.15, 0.2) is 43.0 Å². The molecule has 1 unspecified atom stereocenters. The number of piperazine rings is 1. The van der Waals surface area contributed by atoms with Gasteiger partial charge in [-0.15, -0.1) is 6.58 Å². The highest BCUT2D eigenvalue weighted by Gasteiger charge is 2.19. The molecule has 1 N–H and O–H groups in total. The summed E-state index contributed by atoms with van der Waals surface area (Å²) in [5, 5.41) is 3.57. The van der Waals surface area contributed by atoms with Gasteiger partial charge >= 0.3 is 0 Å². The zero-order valence-corrected chi connectivity index (χ0v) is 9.73. The smallest absolute Gasteiger partial charge is 0.0449 e. The summed E-state index contributed by atoms with van der Waals surface area (Å²) in [7, 11) is 0. The Morgan fingerprint density at radius 1 is 1.38 bits per heavy atom. The van der Waals surface area contributed by atoms with Gasteiger partial charge in [0.05, 0.1) is 0 Å². The molecule has 2 rings (SSSR count). The number of rotatable bonds is 4. The van der Waals surface area contributed by atoms with E-state index in [1.54, 1.807) is 0 Å². The van der Waals surface area contributed by atoms with Gasteiger partial charge in [0.2, 0.25) is 0 Å². The molecule has 2 heteroatoms. The van der Waals surface area contributed by atoms with Gasteiger partial charge in [0.15, 0.2) is 0 Å². The topological polar surface area (TPSA) is 15.3 Å². The fourth-order valence-electron chi connectivity index (χ4n) is 2.20. The summed E-state index contributed by atoms with van der Waals surface area (Å²) in [5.41, 5.74) is 1.39. The molecule has 0 saturated carbocycles. The minimum atomic E-state index is 0.486. The molecule has 0 spiro atoms. The van der Waals surface area contributed by atoms with Crippen LogP contribution in [0.25, 0.3) is 0 Å². The molecule has 0 bridgehead atoms. The Bertz CT molecular complexity index is 321. The SMILES string of the molecule is C=CCCN1CCNC(c2ccccc2)C1. The second-order valence-electron chi connectivity index (χ2n) is 4.30. The van der Waals surface area contributed by atoms with Crippen molar-refractivity contribution in [2.24, 2.45) is 0 Å². The van der Waals surface area contributed by atoms with Gasteiger partial charge in [-0.3, -0.25) is 4.90 Å². The number of benzene rings is 1. The zero-order chi connectivity index (χ0) is 11.2. The van der Waals surface area contributed by atoms with E-state index in [1.807, 2.05) is 6.08 Å². The maximum Gasteiger partial charge on any atom is 0.0449 e. The maximum atomic E-state index is 3.78. The molecule has 1 aliphatic rings. The van der Waals surface area contributed by atoms with Crippen LogP contribution in [-0.2, 0) is 0 Å². The Morgan fingerprint density at radius 3 is 2.94 bits per heavy atom. The minimum absolute atomic E-state index is 0.486. The predicted octanol–water partition coefficient (Wildman–Crippen LogP) is 2.21. The van der Waals surface area contributed by atoms with Crippen molar-refractivity contribution in [1.82, 2.24) is 10.2 Å². The largest absolute Gasteiger partial charge is 0.308 e. The molecular weight excluding hydrogens is 196 g/mol. The average molecular weight is 216 g/mol. The van der Waals surface area contributed by atoms with Gasteiger partial charge < -0.3 is 5.32 Å². The maximum absolute atomic E-state index is 3.78. The van der Waals surface area contributed by atoms with Crippen LogP contribution in [0.3, 0.4) is 0 Å². The molecule has 1 heterocycles. The third-order valence-corrected chi connectivity index (χ3v) is 3.11. The van der Waals surface area contributed by atoms with Crippen molar-refractivity contribution in [1.29, 1.82) is 0 Å². The second kappa shape index (κ2) is 5.83. The first-order valence-corrected chi connectivity index (χ1v) is 6.02. The molecule has 1 atom stereocenters. The second-order valence-corrected chi connectivity index (χ2v) is 4.30. The van der Waals surface area contributed by atoms with E-state index >= 15 is 0 Å². The number of hydrogen-bond donors (Lipinski definition) is 1. The minimum Gasteiger partial charge on any atom is -0.308 e. The van der Waals surface area contributed by atoms with E-state index < -0.39 is 0 Å². The predicted molar refractivity (Wildman–Crippen MR) is 68.4 cm³/mol. The molecule has 0 aliphatic carbocycles. The van der Waals surface area contributed by atoms with Gasteiger partial charge in [-0.05, 0) is 12.0 Å². The average Bonchev–Trinajstić information content (AvgIpc) is 2.38. The third-order valence-electron chi connectivity index (χ3n) is 3.11. The molecular formula is C14H20N2. The van der Waals surface area contributed by atoms with Crippen molar-refractivity contribution in [2.75, 3.05) is 26.2 Å². The van der Waals surface area contributed by atoms with E-state index in [4.69, 9.17) is 0 Å². The van der Waals surface area contributed by atoms with Crippen LogP contribution < -0.4 is 5.32 Å². The summed E-state index contributed by atoms with van der Waals surface area (Å²) in [4.78, 5) is 2.51. The Morgan fingerprint density at radius 2 is 2.19 bits per heavy atom. The lowest BCUT2D eigenvalue weighted by molar-refractivity contribution is 0.204. The summed E-state index contributed by atoms with van der Waals surface area (Å²) in [6.45, 7) is 8.25. The van der Waals surface area contributed by atoms with Crippen LogP contribution in [0.4, 0.5) is 0 Å². The summed E-state index contributed by atoms with van der Waals surface area (Å²) >= 11 is 0. The molecule has 0 aromatic heterocycles. The molecule has 0 amide bonds. The van der Waals surface area contributed by atoms with E-state index in [-0.39, 0.29) is 0 Å². The van der Waals surface area contributed by atoms with Crippen molar-refractivity contribution in [3.05, 3.63) is 48.6 Å². The van der Waals surface area contributed by atoms with Crippen LogP contribution in [0.5, 0.6) is 0 Å². The monoisotopic (exact) mass is 216 g/mol. The van der Waals surface area contributed by atoms with Gasteiger partial charge in [0.25, 0.3) is 0 Å². The first kappa shape index (κ1) is 11.4. The van der Waals surface area contributed by atoms with Crippen molar-refractivity contribution in [3.63, 3.8) is 0 Å². The Balaban J connectivity index is 1.94. The lowest BCUT2D eigenvalue weighted by Crippen LogP contribution is -2.45. The van der Waals surface area contributed by atoms with Crippen LogP contribution in [-0.4, -0.2) is 31.1 Å². The molecule has 0 radical (unpaired) electrons. The van der Waals surface area contributed by atoms with E-state index in [0.29, 0.717) is 6.04 Å². The van der Waals surface area contributed by atoms with Gasteiger partial charge in [-0.1, -0.05) is 36.4 Å². The van der Waals surface area contributed by atoms with Crippen molar-refractivity contribution >= 4 is 0 Å². The molecule has 2 nitrogen and oxygen atoms in total. The highest BCUT2D eigenvalue weighted by atomic mass is 15.2. The number of hydrogen-bond acceptors (Lipinski definition) is 2. The van der Waals surface area contributed by atoms with Crippen molar-refractivity contribution < 1.29 is 0 Å². The van der Waals surface area contributed by atoms with Crippen LogP contribution >= 0.6 is 0 Å². The summed E-state index contributed by atoms with van der Waals surface area (Å²) in [5.74, 6) is 0. The van der Waals surface area contributed by atoms with E-state index in [1.165, 1.54) is 5.56 Å². The molecule has 86 valence electrons. The summed E-state index contributed by atoms with van der Waals surface area (Å²) in [6.07, 6.45) is 3.08. The molecule has 16 heavy (non-hydrogen) atoms. The Labute approximate surface area is 98.0 Å². The number of nitrogens with zero attached hydrogens (tertiary/aromatic N) is 1. The quantitative estimate of drug-likeness (QED) is 0.776. The summed E-state index contributed by atoms with van der Waals surface area (Å²) < 4.78 is 0. The lowest BCUT2D eigenvalue weighted by atomic mass is 10.0. The fraction of sp³-hybridized carbons (Fsp3) is 0.429. The van der Waals surface area contributed by atoms with Gasteiger partial charge in [-0.25, -0.2) is 0 Å². The molecule has 1 aliphatic heterocycles. The van der Waals surface area contributed by atoms with Crippen molar-refractivity contribution in [2.45, 2.75) is 12.5 Å².